The second-order valence-corrected chi connectivity index (χ2v) is 6.17. The van der Waals surface area contributed by atoms with E-state index in [1.165, 1.54) is 0 Å². The molecular weight excluding hydrogens is 350 g/mol. The summed E-state index contributed by atoms with van der Waals surface area (Å²) in [7, 11) is 0. The van der Waals surface area contributed by atoms with Crippen molar-refractivity contribution in [2.75, 3.05) is 6.61 Å². The van der Waals surface area contributed by atoms with Crippen molar-refractivity contribution in [2.24, 2.45) is 4.99 Å². The number of aliphatic imine (C=N–C) groups is 1. The van der Waals surface area contributed by atoms with Gasteiger partial charge in [-0.25, -0.2) is 9.78 Å². The van der Waals surface area contributed by atoms with Crippen LogP contribution in [-0.4, -0.2) is 28.2 Å². The summed E-state index contributed by atoms with van der Waals surface area (Å²) in [4.78, 5) is 21.1. The quantitative estimate of drug-likeness (QED) is 0.370. The fourth-order valence-electron chi connectivity index (χ4n) is 2.98. The van der Waals surface area contributed by atoms with Gasteiger partial charge in [-0.1, -0.05) is 36.4 Å². The van der Waals surface area contributed by atoms with Crippen molar-refractivity contribution in [3.63, 3.8) is 0 Å². The molecule has 5 nitrogen and oxygen atoms in total. The third-order valence-corrected chi connectivity index (χ3v) is 4.32. The zero-order chi connectivity index (χ0) is 19.3. The van der Waals surface area contributed by atoms with Crippen LogP contribution in [0.1, 0.15) is 23.0 Å². The Bertz CT molecular complexity index is 1130. The minimum Gasteiger partial charge on any atom is -0.462 e. The van der Waals surface area contributed by atoms with Crippen LogP contribution >= 0.6 is 0 Å². The van der Waals surface area contributed by atoms with Crippen LogP contribution in [0, 0.1) is 0 Å². The van der Waals surface area contributed by atoms with Crippen LogP contribution in [-0.2, 0) is 4.74 Å². The van der Waals surface area contributed by atoms with Crippen LogP contribution in [0.4, 0.5) is 5.69 Å². The van der Waals surface area contributed by atoms with Gasteiger partial charge < -0.3 is 4.74 Å². The lowest BCUT2D eigenvalue weighted by atomic mass is 10.2. The molecule has 0 fully saturated rings. The number of hydrogen-bond donors (Lipinski definition) is 0. The number of ether oxygens (including phenoxy) is 1. The van der Waals surface area contributed by atoms with E-state index in [4.69, 9.17) is 9.72 Å². The number of aromatic nitrogens is 2. The molecule has 0 unspecified atom stereocenters. The van der Waals surface area contributed by atoms with E-state index in [0.717, 1.165) is 28.3 Å². The summed E-state index contributed by atoms with van der Waals surface area (Å²) in [6.07, 6.45) is 3.75. The first kappa shape index (κ1) is 17.7. The fourth-order valence-corrected chi connectivity index (χ4v) is 2.98. The maximum Gasteiger partial charge on any atom is 0.338 e. The summed E-state index contributed by atoms with van der Waals surface area (Å²) in [5.41, 5.74) is 4.07. The second kappa shape index (κ2) is 7.88. The van der Waals surface area contributed by atoms with Gasteiger partial charge in [0.05, 0.1) is 29.6 Å². The van der Waals surface area contributed by atoms with Crippen LogP contribution in [0.2, 0.25) is 0 Å². The number of benzene rings is 2. The van der Waals surface area contributed by atoms with Gasteiger partial charge in [0.1, 0.15) is 11.5 Å². The number of hydrogen-bond acceptors (Lipinski definition) is 4. The van der Waals surface area contributed by atoms with Crippen molar-refractivity contribution >= 4 is 23.4 Å². The summed E-state index contributed by atoms with van der Waals surface area (Å²) in [5, 5.41) is 0. The molecule has 0 atom stereocenters. The highest BCUT2D eigenvalue weighted by Gasteiger charge is 2.11. The normalized spacial score (nSPS) is 11.2. The third kappa shape index (κ3) is 3.55. The van der Waals surface area contributed by atoms with Crippen molar-refractivity contribution in [3.8, 4) is 11.4 Å². The van der Waals surface area contributed by atoms with Gasteiger partial charge in [0, 0.05) is 11.8 Å². The summed E-state index contributed by atoms with van der Waals surface area (Å²) in [6.45, 7) is 2.14. The minimum atomic E-state index is -0.328. The number of pyridine rings is 1. The standard InChI is InChI=1S/C23H19N3O2/c1-2-28-23(27)18-11-13-19(14-12-18)24-16-20-21-10-6-7-15-26(21)22(25-20)17-8-4-3-5-9-17/h3-16H,2H2,1H3. The fraction of sp³-hybridized carbons (Fsp3) is 0.0870. The highest BCUT2D eigenvalue weighted by atomic mass is 16.5. The average molecular weight is 369 g/mol. The van der Waals surface area contributed by atoms with E-state index in [-0.39, 0.29) is 5.97 Å². The van der Waals surface area contributed by atoms with Crippen molar-refractivity contribution in [1.82, 2.24) is 9.38 Å². The summed E-state index contributed by atoms with van der Waals surface area (Å²) < 4.78 is 7.06. The zero-order valence-electron chi connectivity index (χ0n) is 15.4. The smallest absolute Gasteiger partial charge is 0.338 e. The molecule has 5 heteroatoms. The van der Waals surface area contributed by atoms with E-state index in [2.05, 4.69) is 9.39 Å². The Morgan fingerprint density at radius 1 is 1.04 bits per heavy atom. The molecule has 0 aliphatic rings. The van der Waals surface area contributed by atoms with Crippen molar-refractivity contribution in [1.29, 1.82) is 0 Å². The molecule has 0 saturated carbocycles. The Labute approximate surface area is 163 Å². The van der Waals surface area contributed by atoms with Gasteiger partial charge in [0.15, 0.2) is 0 Å². The van der Waals surface area contributed by atoms with Gasteiger partial charge in [-0.2, -0.15) is 0 Å². The lowest BCUT2D eigenvalue weighted by molar-refractivity contribution is 0.0526. The maximum absolute atomic E-state index is 11.7. The molecule has 2 aromatic heterocycles. The highest BCUT2D eigenvalue weighted by Crippen LogP contribution is 2.22. The lowest BCUT2D eigenvalue weighted by Crippen LogP contribution is -2.03. The van der Waals surface area contributed by atoms with E-state index >= 15 is 0 Å². The van der Waals surface area contributed by atoms with Gasteiger partial charge in [-0.3, -0.25) is 9.39 Å². The third-order valence-electron chi connectivity index (χ3n) is 4.32. The van der Waals surface area contributed by atoms with Gasteiger partial charge in [0.25, 0.3) is 0 Å². The predicted molar refractivity (Wildman–Crippen MR) is 110 cm³/mol. The first-order valence-electron chi connectivity index (χ1n) is 9.10. The van der Waals surface area contributed by atoms with Crippen molar-refractivity contribution in [3.05, 3.63) is 90.3 Å². The minimum absolute atomic E-state index is 0.328. The number of carbonyl (C=O) groups is 1. The Morgan fingerprint density at radius 2 is 1.79 bits per heavy atom. The number of imidazole rings is 1. The van der Waals surface area contributed by atoms with Gasteiger partial charge >= 0.3 is 5.97 Å². The molecule has 4 rings (SSSR count). The van der Waals surface area contributed by atoms with E-state index in [9.17, 15) is 4.79 Å². The first-order chi connectivity index (χ1) is 13.8. The summed E-state index contributed by atoms with van der Waals surface area (Å²) in [6, 6.07) is 23.1. The maximum atomic E-state index is 11.7. The van der Waals surface area contributed by atoms with Crippen LogP contribution in [0.25, 0.3) is 16.9 Å². The molecule has 0 aliphatic heterocycles. The first-order valence-corrected chi connectivity index (χ1v) is 9.10. The number of carbonyl (C=O) groups excluding carboxylic acids is 1. The molecular formula is C23H19N3O2. The van der Waals surface area contributed by atoms with Gasteiger partial charge in [-0.15, -0.1) is 0 Å². The molecule has 4 aromatic rings. The number of fused-ring (bicyclic) bond motifs is 1. The van der Waals surface area contributed by atoms with Crippen molar-refractivity contribution in [2.45, 2.75) is 6.92 Å². The lowest BCUT2D eigenvalue weighted by Gasteiger charge is -2.01. The van der Waals surface area contributed by atoms with Crippen LogP contribution in [0.15, 0.2) is 84.0 Å². The van der Waals surface area contributed by atoms with E-state index < -0.39 is 0 Å². The second-order valence-electron chi connectivity index (χ2n) is 6.17. The monoisotopic (exact) mass is 369 g/mol. The van der Waals surface area contributed by atoms with Gasteiger partial charge in [-0.05, 0) is 43.3 Å². The highest BCUT2D eigenvalue weighted by molar-refractivity contribution is 5.91. The van der Waals surface area contributed by atoms with E-state index in [1.54, 1.807) is 37.4 Å². The molecule has 0 aliphatic carbocycles. The largest absolute Gasteiger partial charge is 0.462 e. The number of rotatable bonds is 5. The van der Waals surface area contributed by atoms with Gasteiger partial charge in [0.2, 0.25) is 0 Å². The molecule has 2 heterocycles. The Kier molecular flexibility index (Phi) is 4.97. The molecule has 2 aromatic carbocycles. The predicted octanol–water partition coefficient (Wildman–Crippen LogP) is 4.93. The summed E-state index contributed by atoms with van der Waals surface area (Å²) >= 11 is 0. The zero-order valence-corrected chi connectivity index (χ0v) is 15.4. The molecule has 0 amide bonds. The Morgan fingerprint density at radius 3 is 2.54 bits per heavy atom. The van der Waals surface area contributed by atoms with E-state index in [1.807, 2.05) is 54.7 Å². The average Bonchev–Trinajstić information content (AvgIpc) is 3.12. The Balaban J connectivity index is 1.66. The SMILES string of the molecule is CCOC(=O)c1ccc(N=Cc2nc(-c3ccccc3)n3ccccc23)cc1. The molecule has 28 heavy (non-hydrogen) atoms. The molecule has 0 radical (unpaired) electrons. The van der Waals surface area contributed by atoms with Crippen LogP contribution < -0.4 is 0 Å². The molecule has 0 spiro atoms. The molecule has 0 saturated heterocycles. The van der Waals surface area contributed by atoms with Crippen molar-refractivity contribution < 1.29 is 9.53 Å². The molecule has 0 N–H and O–H groups in total. The van der Waals surface area contributed by atoms with E-state index in [0.29, 0.717) is 12.2 Å². The number of esters is 1. The topological polar surface area (TPSA) is 56.0 Å². The molecule has 138 valence electrons. The Hall–Kier alpha value is -3.73. The number of nitrogens with zero attached hydrogens (tertiary/aromatic N) is 3. The van der Waals surface area contributed by atoms with Crippen LogP contribution in [0.5, 0.6) is 0 Å². The summed E-state index contributed by atoms with van der Waals surface area (Å²) in [5.74, 6) is 0.543. The molecule has 0 bridgehead atoms. The van der Waals surface area contributed by atoms with Crippen LogP contribution in [0.3, 0.4) is 0 Å².